The van der Waals surface area contributed by atoms with Crippen LogP contribution in [0.2, 0.25) is 0 Å². The maximum Gasteiger partial charge on any atom is 0.253 e. The number of amides is 1. The molecular weight excluding hydrogens is 464 g/mol. The molecule has 1 atom stereocenters. The van der Waals surface area contributed by atoms with Crippen LogP contribution in [0.25, 0.3) is 10.2 Å². The molecule has 3 aromatic rings. The minimum atomic E-state index is -3.62. The van der Waals surface area contributed by atoms with Gasteiger partial charge in [-0.25, -0.2) is 13.4 Å². The molecule has 2 saturated heterocycles. The highest BCUT2D eigenvalue weighted by molar-refractivity contribution is 7.91. The van der Waals surface area contributed by atoms with Crippen molar-refractivity contribution in [3.8, 4) is 0 Å². The minimum absolute atomic E-state index is 0.0712. The summed E-state index contributed by atoms with van der Waals surface area (Å²) in [6.45, 7) is 7.17. The van der Waals surface area contributed by atoms with Crippen molar-refractivity contribution in [2.75, 3.05) is 37.6 Å². The average molecular weight is 491 g/mol. The number of carbonyl (C=O) groups excluding carboxylic acids is 1. The molecule has 7 nitrogen and oxygen atoms in total. The highest BCUT2D eigenvalue weighted by Crippen LogP contribution is 2.33. The van der Waals surface area contributed by atoms with Crippen LogP contribution < -0.4 is 4.90 Å². The van der Waals surface area contributed by atoms with E-state index >= 15 is 0 Å². The predicted octanol–water partition coefficient (Wildman–Crippen LogP) is 3.48. The fraction of sp³-hybridized carbons (Fsp3) is 0.455. The lowest BCUT2D eigenvalue weighted by Gasteiger charge is -2.37. The van der Waals surface area contributed by atoms with Crippen LogP contribution in [0.5, 0.6) is 0 Å². The van der Waals surface area contributed by atoms with Crippen LogP contribution in [0.4, 0.5) is 5.13 Å². The zero-order valence-electron chi connectivity index (χ0n) is 18.2. The maximum atomic E-state index is 13.3. The molecule has 5 rings (SSSR count). The number of nitrogens with zero attached hydrogens (tertiary/aromatic N) is 4. The second kappa shape index (κ2) is 8.40. The zero-order valence-corrected chi connectivity index (χ0v) is 20.6. The van der Waals surface area contributed by atoms with E-state index in [1.807, 2.05) is 4.90 Å². The lowest BCUT2D eigenvalue weighted by Crippen LogP contribution is -2.54. The SMILES string of the molecule is Cc1ccc2sc(N3CCN(C(=O)[C@H]4CCCN4S(=O)(=O)c4cccs4)CC3)nc2c1C. The highest BCUT2D eigenvalue weighted by atomic mass is 32.2. The van der Waals surface area contributed by atoms with Crippen LogP contribution in [0.1, 0.15) is 24.0 Å². The first-order valence-corrected chi connectivity index (χ1v) is 14.0. The Morgan fingerprint density at radius 3 is 2.59 bits per heavy atom. The average Bonchev–Trinajstić information content (AvgIpc) is 3.56. The van der Waals surface area contributed by atoms with Crippen molar-refractivity contribution in [1.82, 2.24) is 14.2 Å². The Morgan fingerprint density at radius 1 is 1.09 bits per heavy atom. The molecule has 0 spiro atoms. The molecular formula is C22H26N4O3S3. The first-order chi connectivity index (χ1) is 15.4. The number of hydrogen-bond acceptors (Lipinski definition) is 7. The summed E-state index contributed by atoms with van der Waals surface area (Å²) in [5.74, 6) is -0.0712. The molecule has 1 aromatic carbocycles. The minimum Gasteiger partial charge on any atom is -0.345 e. The number of aromatic nitrogens is 1. The summed E-state index contributed by atoms with van der Waals surface area (Å²) in [6.07, 6.45) is 1.30. The molecule has 1 amide bonds. The summed E-state index contributed by atoms with van der Waals surface area (Å²) in [5.41, 5.74) is 3.51. The predicted molar refractivity (Wildman–Crippen MR) is 129 cm³/mol. The van der Waals surface area contributed by atoms with Crippen LogP contribution in [0.15, 0.2) is 33.9 Å². The van der Waals surface area contributed by atoms with Crippen LogP contribution in [0, 0.1) is 13.8 Å². The van der Waals surface area contributed by atoms with Crippen molar-refractivity contribution in [2.24, 2.45) is 0 Å². The Morgan fingerprint density at radius 2 is 1.88 bits per heavy atom. The summed E-state index contributed by atoms with van der Waals surface area (Å²) in [5, 5.41) is 2.74. The first kappa shape index (κ1) is 21.8. The van der Waals surface area contributed by atoms with Gasteiger partial charge in [-0.3, -0.25) is 4.79 Å². The Hall–Kier alpha value is -2.01. The lowest BCUT2D eigenvalue weighted by atomic mass is 10.1. The molecule has 0 bridgehead atoms. The van der Waals surface area contributed by atoms with E-state index in [9.17, 15) is 13.2 Å². The van der Waals surface area contributed by atoms with Gasteiger partial charge in [0.2, 0.25) is 5.91 Å². The molecule has 32 heavy (non-hydrogen) atoms. The van der Waals surface area contributed by atoms with Crippen LogP contribution in [0.3, 0.4) is 0 Å². The maximum absolute atomic E-state index is 13.3. The van der Waals surface area contributed by atoms with Crippen molar-refractivity contribution in [1.29, 1.82) is 0 Å². The van der Waals surface area contributed by atoms with E-state index in [0.29, 0.717) is 49.8 Å². The number of rotatable bonds is 4. The largest absolute Gasteiger partial charge is 0.345 e. The quantitative estimate of drug-likeness (QED) is 0.560. The normalized spacial score (nSPS) is 20.4. The van der Waals surface area contributed by atoms with Crippen LogP contribution in [-0.2, 0) is 14.8 Å². The summed E-state index contributed by atoms with van der Waals surface area (Å²) < 4.78 is 28.9. The van der Waals surface area contributed by atoms with Gasteiger partial charge in [0.1, 0.15) is 10.3 Å². The molecule has 2 aliphatic rings. The summed E-state index contributed by atoms with van der Waals surface area (Å²) >= 11 is 2.89. The molecule has 4 heterocycles. The number of piperazine rings is 1. The number of sulfonamides is 1. The van der Waals surface area contributed by atoms with E-state index in [4.69, 9.17) is 4.98 Å². The molecule has 10 heteroatoms. The number of anilines is 1. The Balaban J connectivity index is 1.28. The number of thiophene rings is 1. The Kier molecular flexibility index (Phi) is 5.73. The van der Waals surface area contributed by atoms with E-state index in [1.54, 1.807) is 28.8 Å². The molecule has 2 fully saturated rings. The van der Waals surface area contributed by atoms with Gasteiger partial charge in [-0.2, -0.15) is 4.31 Å². The molecule has 170 valence electrons. The second-order valence-electron chi connectivity index (χ2n) is 8.37. The number of aryl methyl sites for hydroxylation is 2. The van der Waals surface area contributed by atoms with E-state index in [-0.39, 0.29) is 5.91 Å². The van der Waals surface area contributed by atoms with Crippen molar-refractivity contribution in [3.63, 3.8) is 0 Å². The van der Waals surface area contributed by atoms with Gasteiger partial charge in [0.05, 0.1) is 10.2 Å². The Bertz CT molecular complexity index is 1240. The summed E-state index contributed by atoms with van der Waals surface area (Å²) in [4.78, 5) is 22.2. The van der Waals surface area contributed by atoms with Gasteiger partial charge >= 0.3 is 0 Å². The van der Waals surface area contributed by atoms with Gasteiger partial charge in [-0.05, 0) is 55.3 Å². The van der Waals surface area contributed by atoms with E-state index in [0.717, 1.165) is 10.6 Å². The number of hydrogen-bond donors (Lipinski definition) is 0. The number of carbonyl (C=O) groups is 1. The topological polar surface area (TPSA) is 73.8 Å². The van der Waals surface area contributed by atoms with Gasteiger partial charge in [-0.15, -0.1) is 11.3 Å². The van der Waals surface area contributed by atoms with Crippen molar-refractivity contribution in [2.45, 2.75) is 36.9 Å². The van der Waals surface area contributed by atoms with Crippen molar-refractivity contribution in [3.05, 3.63) is 40.8 Å². The smallest absolute Gasteiger partial charge is 0.253 e. The third kappa shape index (κ3) is 3.72. The van der Waals surface area contributed by atoms with Crippen LogP contribution >= 0.6 is 22.7 Å². The molecule has 0 saturated carbocycles. The third-order valence-corrected chi connectivity index (χ3v) is 10.8. The van der Waals surface area contributed by atoms with E-state index < -0.39 is 16.1 Å². The molecule has 2 aromatic heterocycles. The zero-order chi connectivity index (χ0) is 22.5. The van der Waals surface area contributed by atoms with Gasteiger partial charge in [0.15, 0.2) is 5.13 Å². The van der Waals surface area contributed by atoms with Gasteiger partial charge in [0.25, 0.3) is 10.0 Å². The molecule has 0 aliphatic carbocycles. The van der Waals surface area contributed by atoms with E-state index in [2.05, 4.69) is 30.9 Å². The lowest BCUT2D eigenvalue weighted by molar-refractivity contribution is -0.134. The molecule has 0 N–H and O–H groups in total. The number of thiazole rings is 1. The van der Waals surface area contributed by atoms with Gasteiger partial charge in [-0.1, -0.05) is 23.5 Å². The first-order valence-electron chi connectivity index (χ1n) is 10.8. The van der Waals surface area contributed by atoms with E-state index in [1.165, 1.54) is 31.5 Å². The molecule has 0 unspecified atom stereocenters. The van der Waals surface area contributed by atoms with Gasteiger partial charge < -0.3 is 9.80 Å². The number of benzene rings is 1. The third-order valence-electron chi connectivity index (χ3n) is 6.48. The highest BCUT2D eigenvalue weighted by Gasteiger charge is 2.42. The summed E-state index contributed by atoms with van der Waals surface area (Å²) in [6, 6.07) is 7.01. The van der Waals surface area contributed by atoms with Crippen LogP contribution in [-0.4, -0.2) is 67.3 Å². The monoisotopic (exact) mass is 490 g/mol. The molecule has 0 radical (unpaired) electrons. The standard InChI is InChI=1S/C22H26N4O3S3/c1-15-7-8-18-20(16(15)2)23-22(31-18)25-12-10-24(11-13-25)21(27)17-5-3-9-26(17)32(28,29)19-6-4-14-30-19/h4,6-8,14,17H,3,5,9-13H2,1-2H3/t17-/m1/s1. The van der Waals surface area contributed by atoms with Crippen molar-refractivity contribution >= 4 is 54.0 Å². The fourth-order valence-corrected chi connectivity index (χ4v) is 8.33. The van der Waals surface area contributed by atoms with Crippen molar-refractivity contribution < 1.29 is 13.2 Å². The molecule has 2 aliphatic heterocycles. The fourth-order valence-electron chi connectivity index (χ4n) is 4.48. The Labute approximate surface area is 196 Å². The summed E-state index contributed by atoms with van der Waals surface area (Å²) in [7, 11) is -3.62. The van der Waals surface area contributed by atoms with Gasteiger partial charge in [0, 0.05) is 32.7 Å². The second-order valence-corrected chi connectivity index (χ2v) is 12.4. The number of fused-ring (bicyclic) bond motifs is 1.